The molecule has 2 aliphatic heterocycles. The molecule has 0 N–H and O–H groups in total. The zero-order valence-corrected chi connectivity index (χ0v) is 31.9. The van der Waals surface area contributed by atoms with Gasteiger partial charge in [-0.25, -0.2) is 4.98 Å². The lowest BCUT2D eigenvalue weighted by Crippen LogP contribution is -2.57. The van der Waals surface area contributed by atoms with Crippen molar-refractivity contribution in [3.05, 3.63) is 176 Å². The van der Waals surface area contributed by atoms with E-state index >= 15 is 0 Å². The van der Waals surface area contributed by atoms with Gasteiger partial charge in [-0.05, 0) is 86.2 Å². The Morgan fingerprint density at radius 2 is 1.21 bits per heavy atom. The fourth-order valence-electron chi connectivity index (χ4n) is 9.41. The minimum atomic E-state index is -1.94. The molecule has 0 atom stereocenters. The Balaban J connectivity index is 1.02. The van der Waals surface area contributed by atoms with Crippen LogP contribution < -0.4 is 19.7 Å². The topological polar surface area (TPSA) is 35.9 Å². The molecule has 0 spiro atoms. The first kappa shape index (κ1) is 31.3. The lowest BCUT2D eigenvalue weighted by atomic mass is 9.89. The Kier molecular flexibility index (Phi) is 6.43. The van der Waals surface area contributed by atoms with Crippen LogP contribution in [-0.2, 0) is 0 Å². The van der Waals surface area contributed by atoms with Crippen molar-refractivity contribution in [3.8, 4) is 62.1 Å². The number of para-hydroxylation sites is 3. The second-order valence-corrected chi connectivity index (χ2v) is 19.7. The van der Waals surface area contributed by atoms with E-state index in [1.807, 2.05) is 12.3 Å². The largest absolute Gasteiger partial charge is 0.458 e. The first-order valence-electron chi connectivity index (χ1n) is 19.1. The van der Waals surface area contributed by atoms with Crippen LogP contribution in [0.1, 0.15) is 0 Å². The highest BCUT2D eigenvalue weighted by molar-refractivity contribution is 7.02. The van der Waals surface area contributed by atoms with E-state index in [1.54, 1.807) is 0 Å². The van der Waals surface area contributed by atoms with E-state index in [-0.39, 0.29) is 0 Å². The molecule has 7 aromatic carbocycles. The third kappa shape index (κ3) is 4.30. The van der Waals surface area contributed by atoms with Crippen LogP contribution in [0.2, 0.25) is 13.1 Å². The van der Waals surface area contributed by atoms with Gasteiger partial charge in [0.05, 0.1) is 33.4 Å². The summed E-state index contributed by atoms with van der Waals surface area (Å²) in [7, 11) is -1.94. The van der Waals surface area contributed by atoms with Crippen molar-refractivity contribution in [3.63, 3.8) is 0 Å². The van der Waals surface area contributed by atoms with Gasteiger partial charge in [0, 0.05) is 23.0 Å². The molecule has 0 amide bonds. The number of hydrogen-bond acceptors (Lipinski definition) is 2. The Labute approximate surface area is 325 Å². The fraction of sp³-hybridized carbons (Fsp3) is 0.0400. The smallest absolute Gasteiger partial charge is 0.269 e. The normalized spacial score (nSPS) is 13.3. The average Bonchev–Trinajstić information content (AvgIpc) is 3.80. The maximum absolute atomic E-state index is 6.74. The van der Waals surface area contributed by atoms with Crippen LogP contribution in [-0.4, -0.2) is 22.2 Å². The number of pyridine rings is 1. The fourth-order valence-corrected chi connectivity index (χ4v) is 12.3. The van der Waals surface area contributed by atoms with Crippen LogP contribution in [0.25, 0.3) is 83.4 Å². The van der Waals surface area contributed by atoms with E-state index < -0.39 is 8.07 Å². The predicted molar refractivity (Wildman–Crippen MR) is 229 cm³/mol. The molecule has 0 saturated carbocycles. The zero-order chi connectivity index (χ0) is 37.1. The molecular formula is C50H34N4OSi. The van der Waals surface area contributed by atoms with Crippen LogP contribution in [0, 0.1) is 6.33 Å². The third-order valence-corrected chi connectivity index (χ3v) is 15.5. The van der Waals surface area contributed by atoms with Gasteiger partial charge in [-0.15, -0.1) is 0 Å². The van der Waals surface area contributed by atoms with Gasteiger partial charge < -0.3 is 4.74 Å². The summed E-state index contributed by atoms with van der Waals surface area (Å²) in [6, 6.07) is 58.7. The van der Waals surface area contributed by atoms with Gasteiger partial charge in [0.1, 0.15) is 25.4 Å². The van der Waals surface area contributed by atoms with E-state index in [2.05, 4.69) is 191 Å². The van der Waals surface area contributed by atoms with Gasteiger partial charge in [0.15, 0.2) is 0 Å². The summed E-state index contributed by atoms with van der Waals surface area (Å²) in [5.74, 6) is 2.57. The van der Waals surface area contributed by atoms with E-state index in [0.717, 1.165) is 56.4 Å². The molecule has 0 unspecified atom stereocenters. The number of hydrogen-bond donors (Lipinski definition) is 0. The maximum Gasteiger partial charge on any atom is 0.269 e. The molecule has 10 aromatic rings. The van der Waals surface area contributed by atoms with Crippen LogP contribution in [0.15, 0.2) is 170 Å². The number of benzene rings is 7. The van der Waals surface area contributed by atoms with Crippen molar-refractivity contribution in [1.82, 2.24) is 14.1 Å². The van der Waals surface area contributed by atoms with E-state index in [4.69, 9.17) is 9.72 Å². The number of nitrogens with zero attached hydrogens (tertiary/aromatic N) is 4. The third-order valence-electron chi connectivity index (χ3n) is 12.0. The summed E-state index contributed by atoms with van der Waals surface area (Å²) in [6.07, 6.45) is 5.72. The maximum atomic E-state index is 6.74. The van der Waals surface area contributed by atoms with Crippen molar-refractivity contribution in [2.75, 3.05) is 0 Å². The molecule has 264 valence electrons. The lowest BCUT2D eigenvalue weighted by molar-refractivity contribution is -0.571. The summed E-state index contributed by atoms with van der Waals surface area (Å²) >= 11 is 0. The number of fused-ring (bicyclic) bond motifs is 12. The van der Waals surface area contributed by atoms with E-state index in [9.17, 15) is 0 Å². The van der Waals surface area contributed by atoms with Gasteiger partial charge >= 0.3 is 0 Å². The minimum Gasteiger partial charge on any atom is -0.458 e. The van der Waals surface area contributed by atoms with E-state index in [1.165, 1.54) is 48.9 Å². The number of ether oxygens (including phenoxy) is 1. The monoisotopic (exact) mass is 734 g/mol. The van der Waals surface area contributed by atoms with Gasteiger partial charge in [-0.2, -0.15) is 0 Å². The molecule has 12 rings (SSSR count). The van der Waals surface area contributed by atoms with E-state index in [0.29, 0.717) is 0 Å². The standard InChI is InChI=1S/C50H34N4OSi/c1-56(2)46-24-11-21-42-40-27-26-34(30-45(40)54(49(42)46)50-47(56)25-12-28-51-50)55-33-14-9-13-32(29-33)52-31-53-43-22-8-7-19-39(43)37-17-5-3-15-35(37)36-16-4-6-18-38(36)41-20-10-23-44(52)48(41)53/h3-30H,1-2H3. The van der Waals surface area contributed by atoms with Gasteiger partial charge in [-0.1, -0.05) is 128 Å². The van der Waals surface area contributed by atoms with Crippen LogP contribution in [0.3, 0.4) is 0 Å². The molecule has 2 aliphatic rings. The summed E-state index contributed by atoms with van der Waals surface area (Å²) in [5, 5.41) is 5.27. The van der Waals surface area contributed by atoms with Crippen LogP contribution in [0.5, 0.6) is 11.5 Å². The second kappa shape index (κ2) is 11.5. The lowest BCUT2D eigenvalue weighted by Gasteiger charge is -2.31. The average molecular weight is 735 g/mol. The summed E-state index contributed by atoms with van der Waals surface area (Å²) in [6.45, 7) is 4.87. The molecular weight excluding hydrogens is 701 g/mol. The Bertz CT molecular complexity index is 3280. The van der Waals surface area contributed by atoms with Crippen molar-refractivity contribution in [2.45, 2.75) is 13.1 Å². The number of aromatic nitrogens is 4. The second-order valence-electron chi connectivity index (χ2n) is 15.4. The predicted octanol–water partition coefficient (Wildman–Crippen LogP) is 10.4. The highest BCUT2D eigenvalue weighted by Gasteiger charge is 2.37. The van der Waals surface area contributed by atoms with Crippen molar-refractivity contribution < 1.29 is 9.30 Å². The Hall–Kier alpha value is -7.02. The summed E-state index contributed by atoms with van der Waals surface area (Å²) in [5.41, 5.74) is 13.7. The quantitative estimate of drug-likeness (QED) is 0.103. The zero-order valence-electron chi connectivity index (χ0n) is 30.9. The molecule has 6 heteroatoms. The molecule has 0 bridgehead atoms. The van der Waals surface area contributed by atoms with Gasteiger partial charge in [0.25, 0.3) is 6.33 Å². The highest BCUT2D eigenvalue weighted by Crippen LogP contribution is 2.43. The number of rotatable bonds is 3. The molecule has 0 fully saturated rings. The first-order chi connectivity index (χ1) is 27.5. The first-order valence-corrected chi connectivity index (χ1v) is 22.1. The Morgan fingerprint density at radius 1 is 0.554 bits per heavy atom. The Morgan fingerprint density at radius 3 is 2.04 bits per heavy atom. The highest BCUT2D eigenvalue weighted by atomic mass is 28.3. The molecule has 0 saturated heterocycles. The van der Waals surface area contributed by atoms with Crippen molar-refractivity contribution in [1.29, 1.82) is 0 Å². The van der Waals surface area contributed by atoms with Gasteiger partial charge in [-0.3, -0.25) is 13.7 Å². The molecule has 0 aliphatic carbocycles. The van der Waals surface area contributed by atoms with Crippen molar-refractivity contribution >= 4 is 51.3 Å². The summed E-state index contributed by atoms with van der Waals surface area (Å²) < 4.78 is 13.5. The number of imidazole rings is 1. The van der Waals surface area contributed by atoms with Crippen LogP contribution >= 0.6 is 0 Å². The van der Waals surface area contributed by atoms with Crippen molar-refractivity contribution in [2.24, 2.45) is 0 Å². The molecule has 5 nitrogen and oxygen atoms in total. The van der Waals surface area contributed by atoms with Crippen LogP contribution in [0.4, 0.5) is 0 Å². The minimum absolute atomic E-state index is 0.753. The molecule has 56 heavy (non-hydrogen) atoms. The molecule has 5 heterocycles. The molecule has 0 radical (unpaired) electrons. The molecule has 3 aromatic heterocycles. The summed E-state index contributed by atoms with van der Waals surface area (Å²) in [4.78, 5) is 4.97. The van der Waals surface area contributed by atoms with Gasteiger partial charge in [0.2, 0.25) is 0 Å². The SMILES string of the molecule is C[Si]1(C)c2cccnc2-n2c3cc(Oc4cccc(-n5[c-][n+]6c7c(cccc75)-c5ccccc5-c5ccccc5-c5ccccc5-6)c4)ccc3c3cccc1c32.